The van der Waals surface area contributed by atoms with Gasteiger partial charge in [-0.3, -0.25) is 9.59 Å². The third-order valence-corrected chi connectivity index (χ3v) is 4.00. The predicted octanol–water partition coefficient (Wildman–Crippen LogP) is 4.93. The Balaban J connectivity index is 3.45. The van der Waals surface area contributed by atoms with Gasteiger partial charge in [0.25, 0.3) is 0 Å². The van der Waals surface area contributed by atoms with E-state index in [4.69, 9.17) is 0 Å². The van der Waals surface area contributed by atoms with Gasteiger partial charge in [-0.25, -0.2) is 0 Å². The summed E-state index contributed by atoms with van der Waals surface area (Å²) >= 11 is 0. The van der Waals surface area contributed by atoms with Gasteiger partial charge in [0.05, 0.1) is 0 Å². The molecule has 0 aliphatic heterocycles. The first-order valence-electron chi connectivity index (χ1n) is 8.35. The molecule has 0 unspecified atom stereocenters. The van der Waals surface area contributed by atoms with E-state index in [1.165, 1.54) is 0 Å². The second-order valence-corrected chi connectivity index (χ2v) is 8.28. The van der Waals surface area contributed by atoms with Crippen LogP contribution in [-0.4, -0.2) is 16.7 Å². The Morgan fingerprint density at radius 1 is 0.957 bits per heavy atom. The molecule has 1 aromatic carbocycles. The number of ketones is 2. The number of rotatable bonds is 5. The van der Waals surface area contributed by atoms with Gasteiger partial charge < -0.3 is 5.11 Å². The first-order chi connectivity index (χ1) is 10.4. The number of phenolic OH excluding ortho intramolecular Hbond substituents is 1. The maximum absolute atomic E-state index is 12.5. The summed E-state index contributed by atoms with van der Waals surface area (Å²) in [5.41, 5.74) is 1.17. The predicted molar refractivity (Wildman–Crippen MR) is 94.4 cm³/mol. The molecule has 0 aliphatic carbocycles. The molecule has 0 heterocycles. The van der Waals surface area contributed by atoms with Crippen molar-refractivity contribution in [3.8, 4) is 5.75 Å². The fourth-order valence-corrected chi connectivity index (χ4v) is 2.52. The number of Topliss-reactive ketones (excluding diaryl/α,β-unsaturated/α-hetero) is 2. The van der Waals surface area contributed by atoms with Gasteiger partial charge in [-0.15, -0.1) is 0 Å². The molecule has 0 spiro atoms. The van der Waals surface area contributed by atoms with Crippen molar-refractivity contribution in [2.24, 2.45) is 0 Å². The lowest BCUT2D eigenvalue weighted by Crippen LogP contribution is -2.21. The molecule has 1 rings (SSSR count). The number of phenols is 1. The van der Waals surface area contributed by atoms with Gasteiger partial charge in [-0.1, -0.05) is 54.9 Å². The van der Waals surface area contributed by atoms with E-state index < -0.39 is 5.78 Å². The summed E-state index contributed by atoms with van der Waals surface area (Å²) in [5, 5.41) is 10.7. The Morgan fingerprint density at radius 2 is 1.39 bits per heavy atom. The minimum Gasteiger partial charge on any atom is -0.507 e. The fourth-order valence-electron chi connectivity index (χ4n) is 2.52. The summed E-state index contributed by atoms with van der Waals surface area (Å²) in [6.07, 6.45) is 1.89. The third kappa shape index (κ3) is 4.66. The lowest BCUT2D eigenvalue weighted by atomic mass is 9.78. The minimum absolute atomic E-state index is 0.225. The first kappa shape index (κ1) is 19.4. The number of carbonyl (C=O) groups is 2. The average molecular weight is 318 g/mol. The molecule has 3 heteroatoms. The average Bonchev–Trinajstić information content (AvgIpc) is 2.41. The molecule has 0 amide bonds. The molecule has 23 heavy (non-hydrogen) atoms. The largest absolute Gasteiger partial charge is 0.507 e. The topological polar surface area (TPSA) is 54.4 Å². The van der Waals surface area contributed by atoms with Crippen molar-refractivity contribution >= 4 is 11.6 Å². The highest BCUT2D eigenvalue weighted by atomic mass is 16.3. The first-order valence-corrected chi connectivity index (χ1v) is 8.35. The lowest BCUT2D eigenvalue weighted by molar-refractivity contribution is -0.115. The van der Waals surface area contributed by atoms with Crippen LogP contribution in [0.1, 0.15) is 89.2 Å². The number of hydrogen-bond donors (Lipinski definition) is 1. The van der Waals surface area contributed by atoms with E-state index in [1.54, 1.807) is 12.1 Å². The van der Waals surface area contributed by atoms with Crippen LogP contribution >= 0.6 is 0 Å². The summed E-state index contributed by atoms with van der Waals surface area (Å²) in [4.78, 5) is 24.6. The SMILES string of the molecule is CCCCC(=O)C(=O)c1cc(C(C)(C)C)c(O)c(C(C)(C)C)c1. The summed E-state index contributed by atoms with van der Waals surface area (Å²) in [7, 11) is 0. The molecule has 0 aliphatic rings. The summed E-state index contributed by atoms with van der Waals surface area (Å²) in [6, 6.07) is 3.35. The van der Waals surface area contributed by atoms with E-state index in [0.717, 1.165) is 12.8 Å². The zero-order valence-corrected chi connectivity index (χ0v) is 15.5. The van der Waals surface area contributed by atoms with Crippen LogP contribution in [0.4, 0.5) is 0 Å². The quantitative estimate of drug-likeness (QED) is 0.618. The smallest absolute Gasteiger partial charge is 0.228 e. The molecule has 0 atom stereocenters. The highest BCUT2D eigenvalue weighted by Gasteiger charge is 2.28. The summed E-state index contributed by atoms with van der Waals surface area (Å²) in [5.74, 6) is -0.575. The van der Waals surface area contributed by atoms with Gasteiger partial charge in [0.2, 0.25) is 11.6 Å². The highest BCUT2D eigenvalue weighted by molar-refractivity contribution is 6.43. The molecule has 128 valence electrons. The molecule has 0 fully saturated rings. The maximum atomic E-state index is 12.5. The summed E-state index contributed by atoms with van der Waals surface area (Å²) in [6.45, 7) is 13.9. The molecular weight excluding hydrogens is 288 g/mol. The van der Waals surface area contributed by atoms with Crippen LogP contribution in [-0.2, 0) is 15.6 Å². The number of unbranched alkanes of at least 4 members (excludes halogenated alkanes) is 1. The molecule has 1 aromatic rings. The molecule has 0 saturated heterocycles. The van der Waals surface area contributed by atoms with Gasteiger partial charge >= 0.3 is 0 Å². The van der Waals surface area contributed by atoms with E-state index in [-0.39, 0.29) is 28.8 Å². The molecule has 0 saturated carbocycles. The molecule has 0 radical (unpaired) electrons. The van der Waals surface area contributed by atoms with Crippen molar-refractivity contribution in [2.45, 2.75) is 78.6 Å². The van der Waals surface area contributed by atoms with Crippen LogP contribution in [0, 0.1) is 0 Å². The maximum Gasteiger partial charge on any atom is 0.228 e. The Labute approximate surface area is 140 Å². The molecule has 0 aromatic heterocycles. The van der Waals surface area contributed by atoms with Crippen molar-refractivity contribution in [3.63, 3.8) is 0 Å². The number of aromatic hydroxyl groups is 1. The molecule has 3 nitrogen and oxygen atoms in total. The standard InChI is InChI=1S/C20H30O3/c1-8-9-10-16(21)17(22)13-11-14(19(2,3)4)18(23)15(12-13)20(5,6)7/h11-12,23H,8-10H2,1-7H3. The zero-order valence-electron chi connectivity index (χ0n) is 15.5. The van der Waals surface area contributed by atoms with Crippen molar-refractivity contribution in [3.05, 3.63) is 28.8 Å². The van der Waals surface area contributed by atoms with Crippen LogP contribution in [0.2, 0.25) is 0 Å². The Morgan fingerprint density at radius 3 is 1.74 bits per heavy atom. The second-order valence-electron chi connectivity index (χ2n) is 8.28. The van der Waals surface area contributed by atoms with Gasteiger partial charge in [0.15, 0.2) is 0 Å². The van der Waals surface area contributed by atoms with Crippen LogP contribution in [0.25, 0.3) is 0 Å². The van der Waals surface area contributed by atoms with E-state index >= 15 is 0 Å². The van der Waals surface area contributed by atoms with Gasteiger partial charge in [0.1, 0.15) is 5.75 Å². The molecular formula is C20H30O3. The lowest BCUT2D eigenvalue weighted by Gasteiger charge is -2.28. The minimum atomic E-state index is -0.450. The monoisotopic (exact) mass is 318 g/mol. The number of carbonyl (C=O) groups excluding carboxylic acids is 2. The van der Waals surface area contributed by atoms with Crippen molar-refractivity contribution in [2.75, 3.05) is 0 Å². The number of hydrogen-bond acceptors (Lipinski definition) is 3. The van der Waals surface area contributed by atoms with Crippen molar-refractivity contribution in [1.82, 2.24) is 0 Å². The van der Waals surface area contributed by atoms with Crippen LogP contribution in [0.3, 0.4) is 0 Å². The highest BCUT2D eigenvalue weighted by Crippen LogP contribution is 2.39. The zero-order chi connectivity index (χ0) is 18.0. The summed E-state index contributed by atoms with van der Waals surface area (Å²) < 4.78 is 0. The number of benzene rings is 1. The van der Waals surface area contributed by atoms with E-state index in [1.807, 2.05) is 48.5 Å². The normalized spacial score (nSPS) is 12.3. The van der Waals surface area contributed by atoms with Crippen molar-refractivity contribution in [1.29, 1.82) is 0 Å². The van der Waals surface area contributed by atoms with Crippen LogP contribution in [0.5, 0.6) is 5.75 Å². The Bertz CT molecular complexity index is 563. The second kappa shape index (κ2) is 6.86. The van der Waals surface area contributed by atoms with Gasteiger partial charge in [-0.05, 0) is 29.4 Å². The van der Waals surface area contributed by atoms with E-state index in [0.29, 0.717) is 16.7 Å². The Hall–Kier alpha value is -1.64. The Kier molecular flexibility index (Phi) is 5.79. The molecule has 0 bridgehead atoms. The molecule has 1 N–H and O–H groups in total. The van der Waals surface area contributed by atoms with Gasteiger partial charge in [-0.2, -0.15) is 0 Å². The van der Waals surface area contributed by atoms with Crippen LogP contribution in [0.15, 0.2) is 12.1 Å². The van der Waals surface area contributed by atoms with E-state index in [9.17, 15) is 14.7 Å². The van der Waals surface area contributed by atoms with E-state index in [2.05, 4.69) is 0 Å². The fraction of sp³-hybridized carbons (Fsp3) is 0.600. The van der Waals surface area contributed by atoms with Crippen LogP contribution < -0.4 is 0 Å². The van der Waals surface area contributed by atoms with Crippen molar-refractivity contribution < 1.29 is 14.7 Å². The third-order valence-electron chi connectivity index (χ3n) is 4.00. The van der Waals surface area contributed by atoms with Gasteiger partial charge in [0, 0.05) is 23.1 Å².